The number of hydrogen-bond donors (Lipinski definition) is 0. The molecule has 0 atom stereocenters. The zero-order valence-electron chi connectivity index (χ0n) is 38.2. The van der Waals surface area contributed by atoms with E-state index in [9.17, 15) is 0 Å². The van der Waals surface area contributed by atoms with Gasteiger partial charge in [0.25, 0.3) is 17.7 Å². The fourth-order valence-corrected chi connectivity index (χ4v) is 9.67. The van der Waals surface area contributed by atoms with Crippen molar-refractivity contribution < 1.29 is 34.5 Å². The van der Waals surface area contributed by atoms with Crippen molar-refractivity contribution in [2.24, 2.45) is 0 Å². The number of anilines is 6. The molecule has 0 saturated heterocycles. The zero-order chi connectivity index (χ0) is 49.6. The average molecular weight is 1320 g/mol. The third kappa shape index (κ3) is 11.0. The Morgan fingerprint density at radius 3 is 0.849 bits per heavy atom. The molecule has 0 aliphatic rings. The molecule has 13 heteroatoms. The largest absolute Gasteiger partial charge is 3.00 e. The van der Waals surface area contributed by atoms with Gasteiger partial charge in [0.15, 0.2) is 0 Å². The molecule has 0 spiro atoms. The van der Waals surface area contributed by atoms with E-state index < -0.39 is 17.7 Å². The Balaban J connectivity index is 0.00000656. The van der Waals surface area contributed by atoms with Crippen LogP contribution in [0.15, 0.2) is 232 Å². The molecule has 0 fully saturated rings. The molecule has 0 aliphatic carbocycles. The summed E-state index contributed by atoms with van der Waals surface area (Å²) in [7, 11) is 0. The Morgan fingerprint density at radius 2 is 0.616 bits per heavy atom. The second-order valence-corrected chi connectivity index (χ2v) is 18.7. The molecule has 0 saturated carbocycles. The minimum absolute atomic E-state index is 0. The van der Waals surface area contributed by atoms with Gasteiger partial charge in [0, 0.05) is 52.3 Å². The van der Waals surface area contributed by atoms with Gasteiger partial charge in [0.05, 0.1) is 0 Å². The number of hydrogen-bond acceptors (Lipinski definition) is 6. The van der Waals surface area contributed by atoms with Crippen molar-refractivity contribution >= 4 is 99.6 Å². The summed E-state index contributed by atoms with van der Waals surface area (Å²) < 4.78 is 1.75. The summed E-state index contributed by atoms with van der Waals surface area (Å²) in [5, 5.41) is 0. The molecular formula is C60H36Br3IrN6O3. The van der Waals surface area contributed by atoms with Crippen molar-refractivity contribution in [1.82, 2.24) is 15.0 Å². The predicted molar refractivity (Wildman–Crippen MR) is 294 cm³/mol. The number of pyridine rings is 3. The second kappa shape index (κ2) is 22.9. The Bertz CT molecular complexity index is 3200. The third-order valence-corrected chi connectivity index (χ3v) is 13.4. The summed E-state index contributed by atoms with van der Waals surface area (Å²) in [6.45, 7) is 0. The number of halogens is 3. The van der Waals surface area contributed by atoms with Crippen molar-refractivity contribution in [3.63, 3.8) is 0 Å². The summed E-state index contributed by atoms with van der Waals surface area (Å²) in [5.74, 6) is -1.57. The molecule has 10 aromatic rings. The van der Waals surface area contributed by atoms with E-state index in [1.165, 1.54) is 32.9 Å². The van der Waals surface area contributed by atoms with Crippen LogP contribution in [0.4, 0.5) is 34.1 Å². The number of carbonyl (C=O) groups excluding carboxylic acids is 3. The Labute approximate surface area is 461 Å². The van der Waals surface area contributed by atoms with Gasteiger partial charge in [0.1, 0.15) is 0 Å². The minimum atomic E-state index is -0.523. The number of para-hydroxylation sites is 3. The number of nitrogens with zero attached hydrogens (tertiary/aromatic N) is 6. The van der Waals surface area contributed by atoms with Gasteiger partial charge in [-0.2, -0.15) is 0 Å². The van der Waals surface area contributed by atoms with Crippen LogP contribution in [0.5, 0.6) is 0 Å². The van der Waals surface area contributed by atoms with Crippen molar-refractivity contribution in [3.8, 4) is 33.8 Å². The predicted octanol–water partition coefficient (Wildman–Crippen LogP) is 15.5. The van der Waals surface area contributed by atoms with Gasteiger partial charge in [-0.15, -0.1) is 71.3 Å². The molecule has 0 N–H and O–H groups in total. The summed E-state index contributed by atoms with van der Waals surface area (Å²) in [6.07, 6.45) is 5.12. The molecular weight excluding hydrogens is 1280 g/mol. The first kappa shape index (κ1) is 50.4. The summed E-state index contributed by atoms with van der Waals surface area (Å²) >= 11 is 11.3. The van der Waals surface area contributed by atoms with E-state index in [0.717, 1.165) is 0 Å². The van der Waals surface area contributed by atoms with E-state index in [1.807, 2.05) is 164 Å². The maximum absolute atomic E-state index is 15.7. The minimum Gasteiger partial charge on any atom is -0.317 e. The number of carbonyl (C=O) groups is 3. The molecule has 0 unspecified atom stereocenters. The molecule has 3 amide bonds. The van der Waals surface area contributed by atoms with E-state index in [1.54, 1.807) is 36.8 Å². The van der Waals surface area contributed by atoms with Crippen LogP contribution >= 0.6 is 47.8 Å². The molecule has 0 bridgehead atoms. The third-order valence-electron chi connectivity index (χ3n) is 11.5. The van der Waals surface area contributed by atoms with E-state index in [-0.39, 0.29) is 36.8 Å². The van der Waals surface area contributed by atoms with Crippen LogP contribution < -0.4 is 14.7 Å². The van der Waals surface area contributed by atoms with Crippen LogP contribution in [0, 0.1) is 18.2 Å². The first-order valence-corrected chi connectivity index (χ1v) is 24.8. The van der Waals surface area contributed by atoms with Gasteiger partial charge < -0.3 is 29.7 Å². The molecule has 73 heavy (non-hydrogen) atoms. The standard InChI is InChI=1S/C60H36Br3N6O3.Ir/c61-49-37-40(52-22-10-13-31-64-52)25-28-55(49)67(46-16-4-1-5-17-46)58(70)43-34-44(59(71)68(47-18-6-2-7-19-47)56-29-26-41(38-50(56)62)53-23-11-14-32-65-53)36-45(35-43)60(72)69(48-20-8-3-9-21-48)57-30-27-42(39-51(57)63)54-24-12-15-33-66-54;/h1-24,28-39H;/q-3;+3. The van der Waals surface area contributed by atoms with Crippen LogP contribution in [-0.4, -0.2) is 32.7 Å². The molecule has 9 nitrogen and oxygen atoms in total. The second-order valence-electron chi connectivity index (χ2n) is 16.1. The molecule has 3 heterocycles. The number of rotatable bonds is 12. The average Bonchev–Trinajstić information content (AvgIpc) is 3.43. The molecule has 7 aromatic carbocycles. The normalized spacial score (nSPS) is 10.7. The quantitative estimate of drug-likeness (QED) is 0.113. The molecule has 3 aromatic heterocycles. The summed E-state index contributed by atoms with van der Waals surface area (Å²) in [4.78, 5) is 65.1. The van der Waals surface area contributed by atoms with Crippen LogP contribution in [0.25, 0.3) is 33.8 Å². The van der Waals surface area contributed by atoms with Gasteiger partial charge >= 0.3 is 20.1 Å². The fraction of sp³-hybridized carbons (Fsp3) is 0. The molecule has 354 valence electrons. The SMILES string of the molecule is O=C(c1cc(C(=O)N(c2ccccc2)c2c[c-]c(-c3ccccn3)cc2Br)cc(C(=O)N(c2ccccc2)c2c[c-]c(-c3ccccn3)cc2Br)c1)N(c1ccccc1)c1c[c-]c(-c2ccccn2)cc1Br.[Ir+3]. The van der Waals surface area contributed by atoms with Crippen molar-refractivity contribution in [1.29, 1.82) is 0 Å². The molecule has 0 aliphatic heterocycles. The maximum Gasteiger partial charge on any atom is 3.00 e. The fourth-order valence-electron chi connectivity index (χ4n) is 8.11. The van der Waals surface area contributed by atoms with Gasteiger partial charge in [0.2, 0.25) is 0 Å². The topological polar surface area (TPSA) is 99.6 Å². The van der Waals surface area contributed by atoms with E-state index >= 15 is 14.4 Å². The van der Waals surface area contributed by atoms with Crippen molar-refractivity contribution in [2.75, 3.05) is 14.7 Å². The van der Waals surface area contributed by atoms with Gasteiger partial charge in [-0.3, -0.25) is 14.4 Å². The summed E-state index contributed by atoms with van der Waals surface area (Å²) in [5.41, 5.74) is 7.40. The maximum atomic E-state index is 15.7. The first-order chi connectivity index (χ1) is 35.2. The van der Waals surface area contributed by atoms with Gasteiger partial charge in [-0.1, -0.05) is 139 Å². The Hall–Kier alpha value is -7.51. The molecule has 0 radical (unpaired) electrons. The molecule has 10 rings (SSSR count). The van der Waals surface area contributed by atoms with Crippen LogP contribution in [0.2, 0.25) is 0 Å². The first-order valence-electron chi connectivity index (χ1n) is 22.4. The van der Waals surface area contributed by atoms with Crippen LogP contribution in [0.3, 0.4) is 0 Å². The van der Waals surface area contributed by atoms with Gasteiger partial charge in [-0.25, -0.2) is 0 Å². The Morgan fingerprint density at radius 1 is 0.356 bits per heavy atom. The smallest absolute Gasteiger partial charge is 0.317 e. The summed E-state index contributed by atoms with van der Waals surface area (Å²) in [6, 6.07) is 69.6. The van der Waals surface area contributed by atoms with Crippen molar-refractivity contribution in [3.05, 3.63) is 267 Å². The number of aromatic nitrogens is 3. The Kier molecular flexibility index (Phi) is 15.8. The van der Waals surface area contributed by atoms with Crippen LogP contribution in [-0.2, 0) is 20.1 Å². The number of amides is 3. The number of benzene rings is 7. The van der Waals surface area contributed by atoms with E-state index in [4.69, 9.17) is 0 Å². The van der Waals surface area contributed by atoms with Crippen molar-refractivity contribution in [2.45, 2.75) is 0 Å². The zero-order valence-corrected chi connectivity index (χ0v) is 45.3. The van der Waals surface area contributed by atoms with Gasteiger partial charge in [-0.05, 0) is 120 Å². The van der Waals surface area contributed by atoms with E-state index in [0.29, 0.717) is 81.3 Å². The van der Waals surface area contributed by atoms with E-state index in [2.05, 4.69) is 80.9 Å². The monoisotopic (exact) mass is 1320 g/mol. The van der Waals surface area contributed by atoms with Crippen LogP contribution in [0.1, 0.15) is 31.1 Å².